The number of hydrogen-bond donors (Lipinski definition) is 1. The molecule has 0 spiro atoms. The molecular formula is C17H13F4N3O3S. The van der Waals surface area contributed by atoms with E-state index in [0.717, 1.165) is 30.5 Å². The van der Waals surface area contributed by atoms with Crippen LogP contribution >= 0.6 is 0 Å². The summed E-state index contributed by atoms with van der Waals surface area (Å²) in [6, 6.07) is 5.87. The van der Waals surface area contributed by atoms with Crippen LogP contribution in [0.2, 0.25) is 0 Å². The topological polar surface area (TPSA) is 99.9 Å². The van der Waals surface area contributed by atoms with Crippen molar-refractivity contribution >= 4 is 21.4 Å². The Balaban J connectivity index is 2.16. The van der Waals surface area contributed by atoms with Crippen molar-refractivity contribution in [3.05, 3.63) is 53.6 Å². The number of alkyl halides is 3. The molecule has 0 bridgehead atoms. The maximum atomic E-state index is 12.9. The van der Waals surface area contributed by atoms with Gasteiger partial charge in [0.05, 0.1) is 28.1 Å². The highest BCUT2D eigenvalue weighted by molar-refractivity contribution is 7.91. The summed E-state index contributed by atoms with van der Waals surface area (Å²) in [6.45, 7) is 1.28. The quantitative estimate of drug-likeness (QED) is 0.597. The first-order valence-electron chi connectivity index (χ1n) is 7.70. The molecule has 0 fully saturated rings. The molecular weight excluding hydrogens is 402 g/mol. The van der Waals surface area contributed by atoms with E-state index in [0.29, 0.717) is 6.07 Å². The van der Waals surface area contributed by atoms with E-state index in [1.165, 1.54) is 13.0 Å². The summed E-state index contributed by atoms with van der Waals surface area (Å²) >= 11 is 0. The predicted molar refractivity (Wildman–Crippen MR) is 90.2 cm³/mol. The molecule has 28 heavy (non-hydrogen) atoms. The highest BCUT2D eigenvalue weighted by Gasteiger charge is 2.35. The lowest BCUT2D eigenvalue weighted by molar-refractivity contribution is -0.138. The third kappa shape index (κ3) is 5.04. The summed E-state index contributed by atoms with van der Waals surface area (Å²) in [4.78, 5) is 15.4. The summed E-state index contributed by atoms with van der Waals surface area (Å²) in [5.41, 5.74) is -2.50. The SMILES string of the molecule is CC(CS(=O)(=O)c1ccc(F)cc1)C(=O)Nc1cnc(C#N)c(C(F)(F)F)c1. The van der Waals surface area contributed by atoms with Gasteiger partial charge in [0.25, 0.3) is 0 Å². The highest BCUT2D eigenvalue weighted by atomic mass is 32.2. The zero-order chi connectivity index (χ0) is 21.1. The van der Waals surface area contributed by atoms with Crippen LogP contribution in [-0.4, -0.2) is 25.1 Å². The molecule has 0 saturated heterocycles. The molecule has 148 valence electrons. The number of amides is 1. The number of anilines is 1. The molecule has 11 heteroatoms. The fourth-order valence-corrected chi connectivity index (χ4v) is 3.80. The molecule has 6 nitrogen and oxygen atoms in total. The molecule has 1 heterocycles. The van der Waals surface area contributed by atoms with Gasteiger partial charge in [0.2, 0.25) is 5.91 Å². The van der Waals surface area contributed by atoms with Gasteiger partial charge in [-0.3, -0.25) is 4.79 Å². The number of carbonyl (C=O) groups excluding carboxylic acids is 1. The van der Waals surface area contributed by atoms with Crippen LogP contribution < -0.4 is 5.32 Å². The van der Waals surface area contributed by atoms with E-state index < -0.39 is 50.7 Å². The number of rotatable bonds is 5. The lowest BCUT2D eigenvalue weighted by Gasteiger charge is -2.14. The Morgan fingerprint density at radius 2 is 1.89 bits per heavy atom. The predicted octanol–water partition coefficient (Wildman–Crippen LogP) is 3.16. The third-order valence-corrected chi connectivity index (χ3v) is 5.59. The number of carbonyl (C=O) groups is 1. The number of hydrogen-bond acceptors (Lipinski definition) is 5. The van der Waals surface area contributed by atoms with Gasteiger partial charge in [0.15, 0.2) is 15.5 Å². The van der Waals surface area contributed by atoms with Gasteiger partial charge in [0, 0.05) is 5.92 Å². The van der Waals surface area contributed by atoms with Crippen LogP contribution in [0.3, 0.4) is 0 Å². The monoisotopic (exact) mass is 415 g/mol. The van der Waals surface area contributed by atoms with Gasteiger partial charge in [-0.25, -0.2) is 17.8 Å². The molecule has 0 radical (unpaired) electrons. The van der Waals surface area contributed by atoms with E-state index in [1.54, 1.807) is 0 Å². The molecule has 1 atom stereocenters. The summed E-state index contributed by atoms with van der Waals surface area (Å²) in [5, 5.41) is 10.9. The van der Waals surface area contributed by atoms with Crippen molar-refractivity contribution in [2.75, 3.05) is 11.1 Å². The van der Waals surface area contributed by atoms with Gasteiger partial charge in [-0.05, 0) is 30.3 Å². The van der Waals surface area contributed by atoms with E-state index in [-0.39, 0.29) is 10.6 Å². The zero-order valence-electron chi connectivity index (χ0n) is 14.3. The fourth-order valence-electron chi connectivity index (χ4n) is 2.25. The Labute approximate surface area is 157 Å². The molecule has 2 rings (SSSR count). The number of benzene rings is 1. The van der Waals surface area contributed by atoms with Crippen LogP contribution in [0.5, 0.6) is 0 Å². The van der Waals surface area contributed by atoms with E-state index in [1.807, 2.05) is 0 Å². The number of nitrogens with zero attached hydrogens (tertiary/aromatic N) is 2. The fraction of sp³-hybridized carbons (Fsp3) is 0.235. The summed E-state index contributed by atoms with van der Waals surface area (Å²) in [7, 11) is -3.92. The molecule has 1 amide bonds. The summed E-state index contributed by atoms with van der Waals surface area (Å²) < 4.78 is 76.3. The van der Waals surface area contributed by atoms with Gasteiger partial charge in [-0.15, -0.1) is 0 Å². The van der Waals surface area contributed by atoms with Crippen molar-refractivity contribution in [2.45, 2.75) is 18.0 Å². The lowest BCUT2D eigenvalue weighted by Crippen LogP contribution is -2.27. The van der Waals surface area contributed by atoms with Crippen LogP contribution in [0.4, 0.5) is 23.2 Å². The normalized spacial score (nSPS) is 12.9. The van der Waals surface area contributed by atoms with E-state index in [9.17, 15) is 30.8 Å². The number of halogens is 4. The Morgan fingerprint density at radius 3 is 2.43 bits per heavy atom. The molecule has 1 unspecified atom stereocenters. The minimum atomic E-state index is -4.85. The van der Waals surface area contributed by atoms with Crippen LogP contribution in [0.25, 0.3) is 0 Å². The number of sulfone groups is 1. The van der Waals surface area contributed by atoms with E-state index in [4.69, 9.17) is 5.26 Å². The van der Waals surface area contributed by atoms with Crippen LogP contribution in [0.1, 0.15) is 18.2 Å². The second kappa shape index (κ2) is 7.93. The van der Waals surface area contributed by atoms with Crippen molar-refractivity contribution in [1.29, 1.82) is 5.26 Å². The van der Waals surface area contributed by atoms with Crippen LogP contribution in [0.15, 0.2) is 41.4 Å². The maximum absolute atomic E-state index is 12.9. The standard InChI is InChI=1S/C17H13F4N3O3S/c1-10(9-28(26,27)13-4-2-11(18)3-5-13)16(25)24-12-6-14(17(19,20)21)15(7-22)23-8-12/h2-6,8,10H,9H2,1H3,(H,24,25). The van der Waals surface area contributed by atoms with Crippen LogP contribution in [0, 0.1) is 23.1 Å². The van der Waals surface area contributed by atoms with E-state index in [2.05, 4.69) is 10.3 Å². The average molecular weight is 415 g/mol. The van der Waals surface area contributed by atoms with Crippen molar-refractivity contribution in [1.82, 2.24) is 4.98 Å². The van der Waals surface area contributed by atoms with Crippen molar-refractivity contribution < 1.29 is 30.8 Å². The molecule has 0 saturated carbocycles. The number of pyridine rings is 1. The minimum Gasteiger partial charge on any atom is -0.324 e. The molecule has 1 N–H and O–H groups in total. The maximum Gasteiger partial charge on any atom is 0.419 e. The molecule has 0 aliphatic rings. The molecule has 1 aromatic heterocycles. The highest BCUT2D eigenvalue weighted by Crippen LogP contribution is 2.32. The molecule has 0 aliphatic heterocycles. The Kier molecular flexibility index (Phi) is 6.04. The van der Waals surface area contributed by atoms with Gasteiger partial charge < -0.3 is 5.32 Å². The Hall–Kier alpha value is -3.00. The second-order valence-electron chi connectivity index (χ2n) is 5.86. The Morgan fingerprint density at radius 1 is 1.29 bits per heavy atom. The van der Waals surface area contributed by atoms with Gasteiger partial charge in [0.1, 0.15) is 11.9 Å². The van der Waals surface area contributed by atoms with Crippen molar-refractivity contribution in [3.63, 3.8) is 0 Å². The first kappa shape index (κ1) is 21.3. The van der Waals surface area contributed by atoms with Crippen molar-refractivity contribution in [3.8, 4) is 6.07 Å². The second-order valence-corrected chi connectivity index (χ2v) is 7.89. The third-order valence-electron chi connectivity index (χ3n) is 3.66. The number of aromatic nitrogens is 1. The molecule has 2 aromatic rings. The van der Waals surface area contributed by atoms with Gasteiger partial charge >= 0.3 is 6.18 Å². The first-order valence-corrected chi connectivity index (χ1v) is 9.36. The van der Waals surface area contributed by atoms with Gasteiger partial charge in [-0.1, -0.05) is 6.92 Å². The Bertz CT molecular complexity index is 1030. The number of nitrogens with one attached hydrogen (secondary N) is 1. The summed E-state index contributed by atoms with van der Waals surface area (Å²) in [6.07, 6.45) is -3.98. The van der Waals surface area contributed by atoms with Crippen LogP contribution in [-0.2, 0) is 20.8 Å². The average Bonchev–Trinajstić information content (AvgIpc) is 2.60. The van der Waals surface area contributed by atoms with Crippen molar-refractivity contribution in [2.24, 2.45) is 5.92 Å². The molecule has 0 aliphatic carbocycles. The zero-order valence-corrected chi connectivity index (χ0v) is 15.1. The summed E-state index contributed by atoms with van der Waals surface area (Å²) in [5.74, 6) is -3.25. The van der Waals surface area contributed by atoms with E-state index >= 15 is 0 Å². The largest absolute Gasteiger partial charge is 0.419 e. The number of nitriles is 1. The lowest BCUT2D eigenvalue weighted by atomic mass is 10.1. The first-order chi connectivity index (χ1) is 12.9. The molecule has 1 aromatic carbocycles. The smallest absolute Gasteiger partial charge is 0.324 e. The minimum absolute atomic E-state index is 0.187. The van der Waals surface area contributed by atoms with Gasteiger partial charge in [-0.2, -0.15) is 18.4 Å².